The summed E-state index contributed by atoms with van der Waals surface area (Å²) in [5, 5.41) is 0. The molecule has 0 aliphatic heterocycles. The van der Waals surface area contributed by atoms with Crippen LogP contribution in [0.1, 0.15) is 0 Å². The lowest BCUT2D eigenvalue weighted by molar-refractivity contribution is -0.141. The maximum absolute atomic E-state index is 10.9. The van der Waals surface area contributed by atoms with Crippen molar-refractivity contribution in [1.29, 1.82) is 0 Å². The molecule has 0 bridgehead atoms. The summed E-state index contributed by atoms with van der Waals surface area (Å²) in [7, 11) is 1.32. The van der Waals surface area contributed by atoms with Gasteiger partial charge in [-0.1, -0.05) is 11.8 Å². The first-order valence-corrected chi connectivity index (χ1v) is 5.23. The van der Waals surface area contributed by atoms with Crippen LogP contribution in [0.2, 0.25) is 0 Å². The van der Waals surface area contributed by atoms with E-state index in [1.54, 1.807) is 0 Å². The van der Waals surface area contributed by atoms with Gasteiger partial charge in [0.25, 0.3) is 0 Å². The summed E-state index contributed by atoms with van der Waals surface area (Å²) >= 11 is 2.68. The van der Waals surface area contributed by atoms with E-state index < -0.39 is 12.0 Å². The first-order chi connectivity index (χ1) is 6.24. The van der Waals surface area contributed by atoms with Crippen molar-refractivity contribution < 1.29 is 9.53 Å². The minimum Gasteiger partial charge on any atom is -0.468 e. The first-order valence-electron chi connectivity index (χ1n) is 3.47. The summed E-state index contributed by atoms with van der Waals surface area (Å²) in [5.74, 6) is 0.0546. The number of ether oxygens (including phenoxy) is 1. The van der Waals surface area contributed by atoms with Crippen LogP contribution in [0.25, 0.3) is 0 Å². The number of carbonyl (C=O) groups is 1. The SMILES string of the molecule is COC(=O)C(N)CSc1ncns1. The molecule has 1 atom stereocenters. The van der Waals surface area contributed by atoms with Crippen molar-refractivity contribution in [3.63, 3.8) is 0 Å². The van der Waals surface area contributed by atoms with Gasteiger partial charge in [-0.3, -0.25) is 4.79 Å². The lowest BCUT2D eigenvalue weighted by Crippen LogP contribution is -2.33. The average molecular weight is 219 g/mol. The van der Waals surface area contributed by atoms with E-state index >= 15 is 0 Å². The highest BCUT2D eigenvalue weighted by molar-refractivity contribution is 8.01. The minimum absolute atomic E-state index is 0.406. The van der Waals surface area contributed by atoms with Gasteiger partial charge in [-0.25, -0.2) is 4.98 Å². The lowest BCUT2D eigenvalue weighted by Gasteiger charge is -2.06. The molecule has 0 saturated carbocycles. The van der Waals surface area contributed by atoms with Crippen LogP contribution in [0.5, 0.6) is 0 Å². The summed E-state index contributed by atoms with van der Waals surface area (Å²) in [5.41, 5.74) is 5.51. The number of esters is 1. The van der Waals surface area contributed by atoms with Crippen LogP contribution in [0.3, 0.4) is 0 Å². The van der Waals surface area contributed by atoms with Crippen LogP contribution in [-0.2, 0) is 9.53 Å². The molecule has 7 heteroatoms. The molecule has 0 radical (unpaired) electrons. The summed E-state index contributed by atoms with van der Waals surface area (Å²) < 4.78 is 9.09. The molecule has 0 spiro atoms. The zero-order valence-corrected chi connectivity index (χ0v) is 8.60. The number of aromatic nitrogens is 2. The molecule has 0 saturated heterocycles. The Labute approximate surface area is 83.8 Å². The van der Waals surface area contributed by atoms with Gasteiger partial charge in [0.15, 0.2) is 4.34 Å². The third-order valence-electron chi connectivity index (χ3n) is 1.23. The van der Waals surface area contributed by atoms with Gasteiger partial charge in [0, 0.05) is 5.75 Å². The molecule has 2 N–H and O–H groups in total. The molecular formula is C6H9N3O2S2. The van der Waals surface area contributed by atoms with Crippen LogP contribution in [0.15, 0.2) is 10.7 Å². The van der Waals surface area contributed by atoms with Crippen LogP contribution in [-0.4, -0.2) is 34.2 Å². The van der Waals surface area contributed by atoms with Crippen molar-refractivity contribution in [3.8, 4) is 0 Å². The van der Waals surface area contributed by atoms with Crippen molar-refractivity contribution >= 4 is 29.3 Å². The minimum atomic E-state index is -0.598. The summed E-state index contributed by atoms with van der Waals surface area (Å²) in [6, 6.07) is -0.598. The van der Waals surface area contributed by atoms with Gasteiger partial charge in [0.05, 0.1) is 7.11 Å². The highest BCUT2D eigenvalue weighted by Crippen LogP contribution is 2.18. The average Bonchev–Trinajstić information content (AvgIpc) is 2.65. The fourth-order valence-electron chi connectivity index (χ4n) is 0.607. The summed E-state index contributed by atoms with van der Waals surface area (Å²) in [6.45, 7) is 0. The van der Waals surface area contributed by atoms with E-state index in [-0.39, 0.29) is 0 Å². The van der Waals surface area contributed by atoms with Gasteiger partial charge in [0.2, 0.25) is 0 Å². The van der Waals surface area contributed by atoms with Crippen molar-refractivity contribution in [2.45, 2.75) is 10.4 Å². The molecular weight excluding hydrogens is 210 g/mol. The van der Waals surface area contributed by atoms with Gasteiger partial charge >= 0.3 is 5.97 Å². The highest BCUT2D eigenvalue weighted by Gasteiger charge is 2.14. The Balaban J connectivity index is 2.30. The molecule has 1 aromatic heterocycles. The molecule has 0 aliphatic carbocycles. The number of carbonyl (C=O) groups excluding carboxylic acids is 1. The Morgan fingerprint density at radius 2 is 2.69 bits per heavy atom. The second kappa shape index (κ2) is 5.15. The largest absolute Gasteiger partial charge is 0.468 e. The number of thioether (sulfide) groups is 1. The monoisotopic (exact) mass is 219 g/mol. The molecule has 1 unspecified atom stereocenters. The van der Waals surface area contributed by atoms with E-state index in [4.69, 9.17) is 5.73 Å². The quantitative estimate of drug-likeness (QED) is 0.573. The van der Waals surface area contributed by atoms with Crippen molar-refractivity contribution in [1.82, 2.24) is 9.36 Å². The molecule has 0 aliphatic rings. The van der Waals surface area contributed by atoms with Crippen molar-refractivity contribution in [2.24, 2.45) is 5.73 Å². The lowest BCUT2D eigenvalue weighted by atomic mass is 10.4. The molecule has 0 amide bonds. The van der Waals surface area contributed by atoms with E-state index in [9.17, 15) is 4.79 Å². The molecule has 0 aromatic carbocycles. The second-order valence-corrected chi connectivity index (χ2v) is 4.20. The van der Waals surface area contributed by atoms with Crippen LogP contribution in [0.4, 0.5) is 0 Å². The Bertz CT molecular complexity index is 265. The van der Waals surface area contributed by atoms with Gasteiger partial charge in [-0.2, -0.15) is 4.37 Å². The van der Waals surface area contributed by atoms with Crippen LogP contribution < -0.4 is 5.73 Å². The fourth-order valence-corrected chi connectivity index (χ4v) is 2.01. The Morgan fingerprint density at radius 1 is 1.92 bits per heavy atom. The van der Waals surface area contributed by atoms with Crippen molar-refractivity contribution in [3.05, 3.63) is 6.33 Å². The topological polar surface area (TPSA) is 78.1 Å². The fraction of sp³-hybridized carbons (Fsp3) is 0.500. The molecule has 1 heterocycles. The molecule has 72 valence electrons. The predicted octanol–water partition coefficient (Wildman–Crippen LogP) is 0.130. The van der Waals surface area contributed by atoms with E-state index in [0.29, 0.717) is 5.75 Å². The van der Waals surface area contributed by atoms with Crippen LogP contribution in [0, 0.1) is 0 Å². The third-order valence-corrected chi connectivity index (χ3v) is 3.15. The van der Waals surface area contributed by atoms with Gasteiger partial charge in [-0.15, -0.1) is 0 Å². The standard InChI is InChI=1S/C6H9N3O2S2/c1-11-5(10)4(7)2-12-6-8-3-9-13-6/h3-4H,2,7H2,1H3. The molecule has 1 rings (SSSR count). The van der Waals surface area contributed by atoms with Gasteiger partial charge < -0.3 is 10.5 Å². The molecule has 1 aromatic rings. The third kappa shape index (κ3) is 3.29. The van der Waals surface area contributed by atoms with Crippen LogP contribution >= 0.6 is 23.3 Å². The normalized spacial score (nSPS) is 12.5. The number of nitrogens with two attached hydrogens (primary N) is 1. The summed E-state index contributed by atoms with van der Waals surface area (Å²) in [4.78, 5) is 14.8. The van der Waals surface area contributed by atoms with Gasteiger partial charge in [-0.05, 0) is 11.5 Å². The first kappa shape index (κ1) is 10.4. The van der Waals surface area contributed by atoms with Gasteiger partial charge in [0.1, 0.15) is 12.4 Å². The number of nitrogens with zero attached hydrogens (tertiary/aromatic N) is 2. The second-order valence-electron chi connectivity index (χ2n) is 2.15. The molecule has 5 nitrogen and oxygen atoms in total. The molecule has 0 fully saturated rings. The van der Waals surface area contributed by atoms with E-state index in [1.807, 2.05) is 0 Å². The smallest absolute Gasteiger partial charge is 0.323 e. The number of hydrogen-bond donors (Lipinski definition) is 1. The number of hydrogen-bond acceptors (Lipinski definition) is 7. The van der Waals surface area contributed by atoms with E-state index in [0.717, 1.165) is 4.34 Å². The maximum Gasteiger partial charge on any atom is 0.323 e. The predicted molar refractivity (Wildman–Crippen MR) is 50.6 cm³/mol. The zero-order chi connectivity index (χ0) is 9.68. The highest BCUT2D eigenvalue weighted by atomic mass is 32.2. The van der Waals surface area contributed by atoms with E-state index in [2.05, 4.69) is 14.1 Å². The number of rotatable bonds is 4. The molecule has 13 heavy (non-hydrogen) atoms. The Kier molecular flexibility index (Phi) is 4.13. The van der Waals surface area contributed by atoms with Crippen molar-refractivity contribution in [2.75, 3.05) is 12.9 Å². The Hall–Kier alpha value is -0.660. The Morgan fingerprint density at radius 3 is 3.23 bits per heavy atom. The maximum atomic E-state index is 10.9. The summed E-state index contributed by atoms with van der Waals surface area (Å²) in [6.07, 6.45) is 1.47. The van der Waals surface area contributed by atoms with E-state index in [1.165, 1.54) is 36.7 Å². The number of methoxy groups -OCH3 is 1. The zero-order valence-electron chi connectivity index (χ0n) is 6.97.